The van der Waals surface area contributed by atoms with E-state index < -0.39 is 29.5 Å². The van der Waals surface area contributed by atoms with Crippen molar-refractivity contribution in [2.24, 2.45) is 0 Å². The van der Waals surface area contributed by atoms with Crippen LogP contribution in [0, 0.1) is 5.82 Å². The van der Waals surface area contributed by atoms with Gasteiger partial charge >= 0.3 is 5.97 Å². The Labute approximate surface area is 138 Å². The molecule has 7 heteroatoms. The first-order valence-corrected chi connectivity index (χ1v) is 7.98. The van der Waals surface area contributed by atoms with Crippen molar-refractivity contribution in [3.63, 3.8) is 0 Å². The summed E-state index contributed by atoms with van der Waals surface area (Å²) in [6.45, 7) is -0.0731. The fourth-order valence-corrected chi connectivity index (χ4v) is 3.61. The Hall–Kier alpha value is -1.66. The fraction of sp³-hybridized carbons (Fsp3) is 0.500. The summed E-state index contributed by atoms with van der Waals surface area (Å²) in [6, 6.07) is 2.65. The maximum Gasteiger partial charge on any atom is 0.328 e. The van der Waals surface area contributed by atoms with Crippen molar-refractivity contribution >= 4 is 23.5 Å². The maximum absolute atomic E-state index is 14.1. The van der Waals surface area contributed by atoms with Crippen LogP contribution < -0.4 is 0 Å². The van der Waals surface area contributed by atoms with Crippen LogP contribution in [0.4, 0.5) is 4.39 Å². The third kappa shape index (κ3) is 2.81. The fourth-order valence-electron chi connectivity index (χ4n) is 3.45. The zero-order valence-corrected chi connectivity index (χ0v) is 13.2. The molecule has 1 spiro atoms. The Balaban J connectivity index is 2.00. The summed E-state index contributed by atoms with van der Waals surface area (Å²) in [5.74, 6) is -2.56. The van der Waals surface area contributed by atoms with E-state index in [0.717, 1.165) is 25.3 Å². The molecule has 1 aromatic carbocycles. The van der Waals surface area contributed by atoms with Crippen LogP contribution in [-0.4, -0.2) is 40.3 Å². The van der Waals surface area contributed by atoms with Gasteiger partial charge in [0.1, 0.15) is 11.5 Å². The van der Waals surface area contributed by atoms with E-state index in [1.54, 1.807) is 0 Å². The Morgan fingerprint density at radius 1 is 1.30 bits per heavy atom. The van der Waals surface area contributed by atoms with Crippen molar-refractivity contribution in [2.45, 2.75) is 43.9 Å². The predicted octanol–water partition coefficient (Wildman–Crippen LogP) is 3.07. The second kappa shape index (κ2) is 6.09. The van der Waals surface area contributed by atoms with Gasteiger partial charge in [-0.15, -0.1) is 0 Å². The number of carbonyl (C=O) groups excluding carboxylic acids is 1. The molecule has 124 valence electrons. The van der Waals surface area contributed by atoms with Crippen molar-refractivity contribution in [1.29, 1.82) is 0 Å². The summed E-state index contributed by atoms with van der Waals surface area (Å²) < 4.78 is 19.9. The third-order valence-corrected chi connectivity index (χ3v) is 4.80. The first-order valence-electron chi connectivity index (χ1n) is 7.60. The molecule has 1 saturated heterocycles. The van der Waals surface area contributed by atoms with Gasteiger partial charge in [-0.2, -0.15) is 0 Å². The monoisotopic (exact) mass is 341 g/mol. The van der Waals surface area contributed by atoms with Crippen molar-refractivity contribution in [1.82, 2.24) is 4.90 Å². The number of aliphatic carboxylic acids is 1. The normalized spacial score (nSPS) is 23.2. The number of nitrogens with zero attached hydrogens (tertiary/aromatic N) is 1. The lowest BCUT2D eigenvalue weighted by Gasteiger charge is -2.41. The van der Waals surface area contributed by atoms with Crippen molar-refractivity contribution < 1.29 is 23.8 Å². The number of halogens is 2. The second-order valence-corrected chi connectivity index (χ2v) is 6.41. The number of rotatable bonds is 2. The molecule has 1 amide bonds. The standard InChI is InChI=1S/C16H17ClFNO4/c17-10-4-5-11(12(18)8-10)14(20)19-13(15(21)22)9-23-16(19)6-2-1-3-7-16/h4-5,8,13H,1-3,6-7,9H2,(H,21,22)/t13-/m0/s1. The Morgan fingerprint density at radius 2 is 2.00 bits per heavy atom. The molecule has 1 N–H and O–H groups in total. The van der Waals surface area contributed by atoms with Crippen molar-refractivity contribution in [3.05, 3.63) is 34.6 Å². The molecule has 5 nitrogen and oxygen atoms in total. The minimum Gasteiger partial charge on any atom is -0.480 e. The maximum atomic E-state index is 14.1. The minimum atomic E-state index is -1.14. The Bertz CT molecular complexity index is 645. The van der Waals surface area contributed by atoms with Gasteiger partial charge in [0.25, 0.3) is 5.91 Å². The molecule has 0 unspecified atom stereocenters. The van der Waals surface area contributed by atoms with Crippen LogP contribution in [0.3, 0.4) is 0 Å². The second-order valence-electron chi connectivity index (χ2n) is 5.97. The van der Waals surface area contributed by atoms with Gasteiger partial charge in [0.15, 0.2) is 6.04 Å². The highest BCUT2D eigenvalue weighted by Gasteiger charge is 2.53. The zero-order valence-electron chi connectivity index (χ0n) is 12.4. The molecular formula is C16H17ClFNO4. The number of hydrogen-bond donors (Lipinski definition) is 1. The van der Waals surface area contributed by atoms with Gasteiger partial charge in [-0.05, 0) is 43.9 Å². The molecule has 1 aliphatic carbocycles. The lowest BCUT2D eigenvalue weighted by atomic mass is 9.89. The molecule has 1 atom stereocenters. The van der Waals surface area contributed by atoms with Crippen LogP contribution in [0.5, 0.6) is 0 Å². The van der Waals surface area contributed by atoms with Gasteiger partial charge in [0.2, 0.25) is 0 Å². The number of carboxylic acids is 1. The van der Waals surface area contributed by atoms with Gasteiger partial charge < -0.3 is 9.84 Å². The lowest BCUT2D eigenvalue weighted by molar-refractivity contribution is -0.143. The molecule has 2 fully saturated rings. The third-order valence-electron chi connectivity index (χ3n) is 4.56. The first kappa shape index (κ1) is 16.2. The number of ether oxygens (including phenoxy) is 1. The van der Waals surface area contributed by atoms with Crippen LogP contribution >= 0.6 is 11.6 Å². The van der Waals surface area contributed by atoms with Gasteiger partial charge in [0.05, 0.1) is 12.2 Å². The molecule has 1 aromatic rings. The lowest BCUT2D eigenvalue weighted by Crippen LogP contribution is -2.54. The van der Waals surface area contributed by atoms with Gasteiger partial charge in [0, 0.05) is 5.02 Å². The van der Waals surface area contributed by atoms with E-state index >= 15 is 0 Å². The van der Waals surface area contributed by atoms with E-state index in [1.807, 2.05) is 0 Å². The summed E-state index contributed by atoms with van der Waals surface area (Å²) in [7, 11) is 0. The van der Waals surface area contributed by atoms with Crippen molar-refractivity contribution in [3.8, 4) is 0 Å². The SMILES string of the molecule is O=C(O)[C@@H]1COC2(CCCCC2)N1C(=O)c1ccc(Cl)cc1F. The summed E-state index contributed by atoms with van der Waals surface area (Å²) >= 11 is 5.72. The van der Waals surface area contributed by atoms with Crippen LogP contribution in [-0.2, 0) is 9.53 Å². The van der Waals surface area contributed by atoms with E-state index in [9.17, 15) is 19.1 Å². The van der Waals surface area contributed by atoms with Gasteiger partial charge in [-0.25, -0.2) is 9.18 Å². The van der Waals surface area contributed by atoms with Crippen LogP contribution in [0.2, 0.25) is 5.02 Å². The highest BCUT2D eigenvalue weighted by molar-refractivity contribution is 6.30. The van der Waals surface area contributed by atoms with Crippen LogP contribution in [0.1, 0.15) is 42.5 Å². The Morgan fingerprint density at radius 3 is 2.61 bits per heavy atom. The molecule has 1 aliphatic heterocycles. The number of carbonyl (C=O) groups is 2. The topological polar surface area (TPSA) is 66.8 Å². The average molecular weight is 342 g/mol. The van der Waals surface area contributed by atoms with Gasteiger partial charge in [-0.1, -0.05) is 18.0 Å². The summed E-state index contributed by atoms with van der Waals surface area (Å²) in [5.41, 5.74) is -1.12. The van der Waals surface area contributed by atoms with E-state index in [1.165, 1.54) is 17.0 Å². The number of amides is 1. The average Bonchev–Trinajstić information content (AvgIpc) is 2.86. The molecule has 1 saturated carbocycles. The number of benzene rings is 1. The molecular weight excluding hydrogens is 325 g/mol. The van der Waals surface area contributed by atoms with Crippen LogP contribution in [0.25, 0.3) is 0 Å². The molecule has 0 bridgehead atoms. The van der Waals surface area contributed by atoms with Crippen LogP contribution in [0.15, 0.2) is 18.2 Å². The Kier molecular flexibility index (Phi) is 4.29. The molecule has 0 aromatic heterocycles. The van der Waals surface area contributed by atoms with E-state index in [-0.39, 0.29) is 17.2 Å². The molecule has 0 radical (unpaired) electrons. The molecule has 23 heavy (non-hydrogen) atoms. The highest BCUT2D eigenvalue weighted by Crippen LogP contribution is 2.41. The van der Waals surface area contributed by atoms with Crippen molar-refractivity contribution in [2.75, 3.05) is 6.61 Å². The molecule has 1 heterocycles. The summed E-state index contributed by atoms with van der Waals surface area (Å²) in [4.78, 5) is 25.6. The van der Waals surface area contributed by atoms with E-state index in [0.29, 0.717) is 12.8 Å². The van der Waals surface area contributed by atoms with Gasteiger partial charge in [-0.3, -0.25) is 9.69 Å². The first-order chi connectivity index (χ1) is 10.9. The summed E-state index contributed by atoms with van der Waals surface area (Å²) in [6.07, 6.45) is 3.84. The summed E-state index contributed by atoms with van der Waals surface area (Å²) in [5, 5.41) is 9.60. The highest BCUT2D eigenvalue weighted by atomic mass is 35.5. The predicted molar refractivity (Wildman–Crippen MR) is 80.8 cm³/mol. The number of hydrogen-bond acceptors (Lipinski definition) is 3. The van der Waals surface area contributed by atoms with E-state index in [2.05, 4.69) is 0 Å². The number of carboxylic acid groups (broad SMARTS) is 1. The molecule has 2 aliphatic rings. The minimum absolute atomic E-state index is 0.0731. The van der Waals surface area contributed by atoms with E-state index in [4.69, 9.17) is 16.3 Å². The zero-order chi connectivity index (χ0) is 16.6. The molecule has 3 rings (SSSR count). The largest absolute Gasteiger partial charge is 0.480 e. The quantitative estimate of drug-likeness (QED) is 0.897. The smallest absolute Gasteiger partial charge is 0.328 e.